The normalized spacial score (nSPS) is 16.1. The van der Waals surface area contributed by atoms with E-state index in [9.17, 15) is 0 Å². The molecule has 0 N–H and O–H groups in total. The Morgan fingerprint density at radius 3 is 2.19 bits per heavy atom. The molecular weight excluding hydrogens is 324 g/mol. The van der Waals surface area contributed by atoms with E-state index in [2.05, 4.69) is 105 Å². The molecule has 0 bridgehead atoms. The Balaban J connectivity index is 1.68. The summed E-state index contributed by atoms with van der Waals surface area (Å²) in [6.07, 6.45) is 9.62. The van der Waals surface area contributed by atoms with E-state index in [0.717, 1.165) is 0 Å². The fraction of sp³-hybridized carbons (Fsp3) is 0.111. The molecule has 0 aliphatic heterocycles. The molecule has 3 aromatic rings. The third kappa shape index (κ3) is 2.42. The van der Waals surface area contributed by atoms with Crippen LogP contribution in [0.4, 0.5) is 0 Å². The van der Waals surface area contributed by atoms with Crippen molar-refractivity contribution in [2.24, 2.45) is 0 Å². The van der Waals surface area contributed by atoms with E-state index in [1.54, 1.807) is 0 Å². The van der Waals surface area contributed by atoms with E-state index < -0.39 is 0 Å². The summed E-state index contributed by atoms with van der Waals surface area (Å²) in [6, 6.07) is 26.3. The number of allylic oxidation sites excluding steroid dienone is 6. The molecule has 27 heavy (non-hydrogen) atoms. The Morgan fingerprint density at radius 1 is 0.704 bits per heavy atom. The van der Waals surface area contributed by atoms with Gasteiger partial charge in [-0.3, -0.25) is 0 Å². The van der Waals surface area contributed by atoms with Crippen LogP contribution >= 0.6 is 0 Å². The van der Waals surface area contributed by atoms with Gasteiger partial charge in [-0.25, -0.2) is 0 Å². The Morgan fingerprint density at radius 2 is 1.41 bits per heavy atom. The zero-order valence-electron chi connectivity index (χ0n) is 15.7. The lowest BCUT2D eigenvalue weighted by atomic mass is 9.79. The summed E-state index contributed by atoms with van der Waals surface area (Å²) >= 11 is 0. The predicted octanol–water partition coefficient (Wildman–Crippen LogP) is 6.99. The van der Waals surface area contributed by atoms with Gasteiger partial charge in [0.1, 0.15) is 12.2 Å². The van der Waals surface area contributed by atoms with E-state index >= 15 is 0 Å². The van der Waals surface area contributed by atoms with Crippen LogP contribution in [0.25, 0.3) is 27.8 Å². The average Bonchev–Trinajstić information content (AvgIpc) is 2.96. The molecule has 0 amide bonds. The van der Waals surface area contributed by atoms with E-state index in [0.29, 0.717) is 0 Å². The van der Waals surface area contributed by atoms with Crippen LogP contribution in [0.5, 0.6) is 0 Å². The van der Waals surface area contributed by atoms with Crippen LogP contribution in [0.3, 0.4) is 0 Å². The lowest BCUT2D eigenvalue weighted by Gasteiger charge is -2.20. The molecular formula is C27H21+. The number of rotatable bonds is 2. The van der Waals surface area contributed by atoms with Crippen LogP contribution < -0.4 is 0 Å². The van der Waals surface area contributed by atoms with Crippen molar-refractivity contribution >= 4 is 5.57 Å². The second-order valence-corrected chi connectivity index (χ2v) is 7.77. The van der Waals surface area contributed by atoms with Gasteiger partial charge in [0.05, 0.1) is 22.6 Å². The molecule has 0 saturated carbocycles. The molecule has 0 fully saturated rings. The quantitative estimate of drug-likeness (QED) is 0.439. The summed E-state index contributed by atoms with van der Waals surface area (Å²) in [5.41, 5.74) is 10.6. The summed E-state index contributed by atoms with van der Waals surface area (Å²) < 4.78 is 0. The van der Waals surface area contributed by atoms with Gasteiger partial charge >= 0.3 is 0 Å². The second-order valence-electron chi connectivity index (χ2n) is 7.77. The van der Waals surface area contributed by atoms with Gasteiger partial charge in [-0.15, -0.1) is 0 Å². The molecule has 5 rings (SSSR count). The molecule has 128 valence electrons. The van der Waals surface area contributed by atoms with E-state index in [1.807, 2.05) is 6.08 Å². The SMILES string of the molecule is CC1(C)C2=C(C=C[C+]=C2)c2ccc(-c3ccccc3-c3ccccc3)cc21. The van der Waals surface area contributed by atoms with Crippen molar-refractivity contribution in [2.75, 3.05) is 0 Å². The monoisotopic (exact) mass is 345 g/mol. The zero-order chi connectivity index (χ0) is 18.4. The van der Waals surface area contributed by atoms with Gasteiger partial charge in [0.25, 0.3) is 0 Å². The van der Waals surface area contributed by atoms with Gasteiger partial charge in [-0.1, -0.05) is 66.7 Å². The maximum atomic E-state index is 3.26. The van der Waals surface area contributed by atoms with Crippen molar-refractivity contribution in [3.8, 4) is 22.3 Å². The summed E-state index contributed by atoms with van der Waals surface area (Å²) in [7, 11) is 0. The van der Waals surface area contributed by atoms with Gasteiger partial charge in [-0.05, 0) is 47.7 Å². The summed E-state index contributed by atoms with van der Waals surface area (Å²) in [6.45, 7) is 4.64. The first-order valence-corrected chi connectivity index (χ1v) is 9.46. The van der Waals surface area contributed by atoms with Crippen LogP contribution in [0.15, 0.2) is 96.6 Å². The largest absolute Gasteiger partial charge is 0.107 e. The highest BCUT2D eigenvalue weighted by atomic mass is 14.4. The number of benzene rings is 3. The van der Waals surface area contributed by atoms with Crippen LogP contribution in [-0.2, 0) is 5.41 Å². The van der Waals surface area contributed by atoms with Crippen LogP contribution in [0.2, 0.25) is 0 Å². The molecule has 0 radical (unpaired) electrons. The van der Waals surface area contributed by atoms with Crippen molar-refractivity contribution in [1.29, 1.82) is 0 Å². The minimum atomic E-state index is 0.000126. The fourth-order valence-electron chi connectivity index (χ4n) is 4.40. The first-order valence-electron chi connectivity index (χ1n) is 9.46. The Labute approximate surface area is 161 Å². The average molecular weight is 345 g/mol. The number of hydrogen-bond acceptors (Lipinski definition) is 0. The second kappa shape index (κ2) is 5.91. The first kappa shape index (κ1) is 16.0. The smallest absolute Gasteiger partial charge is 0.0622 e. The minimum absolute atomic E-state index is 0.000126. The van der Waals surface area contributed by atoms with Crippen LogP contribution in [0.1, 0.15) is 25.0 Å². The minimum Gasteiger partial charge on any atom is -0.0622 e. The molecule has 0 atom stereocenters. The standard InChI is InChI=1S/C27H21/c1-27(2)25-15-9-8-14-23(25)24-17-16-20(18-26(24)27)22-13-7-6-12-21(22)19-10-4-3-5-11-19/h3-8,10-18H,1-2H3/q+1. The van der Waals surface area contributed by atoms with Crippen LogP contribution in [0, 0.1) is 6.08 Å². The molecule has 2 aliphatic rings. The van der Waals surface area contributed by atoms with Gasteiger partial charge < -0.3 is 0 Å². The van der Waals surface area contributed by atoms with Gasteiger partial charge in [0.15, 0.2) is 0 Å². The predicted molar refractivity (Wildman–Crippen MR) is 114 cm³/mol. The topological polar surface area (TPSA) is 0 Å². The number of fused-ring (bicyclic) bond motifs is 2. The summed E-state index contributed by atoms with van der Waals surface area (Å²) in [5.74, 6) is 0. The third-order valence-electron chi connectivity index (χ3n) is 5.84. The van der Waals surface area contributed by atoms with E-state index in [1.165, 1.54) is 44.5 Å². The summed E-state index contributed by atoms with van der Waals surface area (Å²) in [5, 5.41) is 0. The highest BCUT2D eigenvalue weighted by molar-refractivity contribution is 5.91. The van der Waals surface area contributed by atoms with Crippen molar-refractivity contribution < 1.29 is 0 Å². The number of hydrogen-bond donors (Lipinski definition) is 0. The summed E-state index contributed by atoms with van der Waals surface area (Å²) in [4.78, 5) is 0. The first-order chi connectivity index (χ1) is 13.2. The maximum Gasteiger partial charge on any atom is 0.107 e. The Kier molecular flexibility index (Phi) is 3.50. The Bertz CT molecular complexity index is 1120. The van der Waals surface area contributed by atoms with Gasteiger partial charge in [-0.2, -0.15) is 0 Å². The molecule has 0 aromatic heterocycles. The lowest BCUT2D eigenvalue weighted by molar-refractivity contribution is 0.654. The van der Waals surface area contributed by atoms with Gasteiger partial charge in [0, 0.05) is 11.6 Å². The highest BCUT2D eigenvalue weighted by Crippen LogP contribution is 2.49. The van der Waals surface area contributed by atoms with Crippen molar-refractivity contribution in [3.63, 3.8) is 0 Å². The fourth-order valence-corrected chi connectivity index (χ4v) is 4.40. The third-order valence-corrected chi connectivity index (χ3v) is 5.84. The molecule has 3 aromatic carbocycles. The zero-order valence-corrected chi connectivity index (χ0v) is 15.7. The molecule has 0 nitrogen and oxygen atoms in total. The molecule has 0 heteroatoms. The molecule has 0 heterocycles. The van der Waals surface area contributed by atoms with Crippen LogP contribution in [-0.4, -0.2) is 0 Å². The van der Waals surface area contributed by atoms with Crippen molar-refractivity contribution in [3.05, 3.63) is 114 Å². The molecule has 0 spiro atoms. The van der Waals surface area contributed by atoms with E-state index in [4.69, 9.17) is 0 Å². The Hall–Kier alpha value is -3.21. The van der Waals surface area contributed by atoms with Crippen molar-refractivity contribution in [2.45, 2.75) is 19.3 Å². The highest BCUT2D eigenvalue weighted by Gasteiger charge is 2.42. The van der Waals surface area contributed by atoms with Crippen molar-refractivity contribution in [1.82, 2.24) is 0 Å². The molecule has 0 unspecified atom stereocenters. The molecule has 2 aliphatic carbocycles. The lowest BCUT2D eigenvalue weighted by Crippen LogP contribution is -2.16. The molecule has 0 saturated heterocycles. The maximum absolute atomic E-state index is 3.26. The van der Waals surface area contributed by atoms with E-state index in [-0.39, 0.29) is 5.41 Å². The van der Waals surface area contributed by atoms with Gasteiger partial charge in [0.2, 0.25) is 0 Å².